The van der Waals surface area contributed by atoms with Crippen molar-refractivity contribution in [2.75, 3.05) is 14.1 Å². The van der Waals surface area contributed by atoms with E-state index in [9.17, 15) is 0 Å². The largest absolute Gasteiger partial charge is 0.235 e. The van der Waals surface area contributed by atoms with Crippen LogP contribution in [0.25, 0.3) is 10.5 Å². The van der Waals surface area contributed by atoms with Crippen LogP contribution in [0, 0.1) is 10.2 Å². The molecule has 2 aromatic carbocycles. The summed E-state index contributed by atoms with van der Waals surface area (Å²) in [7, 11) is -0.791. The minimum atomic E-state index is -4.94. The summed E-state index contributed by atoms with van der Waals surface area (Å²) in [6, 6.07) is 21.3. The highest BCUT2D eigenvalue weighted by atomic mass is 35.7. The van der Waals surface area contributed by atoms with E-state index in [-0.39, 0.29) is 0 Å². The van der Waals surface area contributed by atoms with Crippen LogP contribution in [0.2, 0.25) is 0 Å². The Morgan fingerprint density at radius 3 is 1.83 bits per heavy atom. The molecule has 0 saturated carbocycles. The molecule has 186 valence electrons. The van der Waals surface area contributed by atoms with Crippen LogP contribution in [0.3, 0.4) is 0 Å². The fourth-order valence-corrected chi connectivity index (χ4v) is 4.75. The van der Waals surface area contributed by atoms with Gasteiger partial charge >= 0.3 is 0 Å². The third kappa shape index (κ3) is 8.60. The normalized spacial score (nSPS) is 16.2. The van der Waals surface area contributed by atoms with Gasteiger partial charge in [-0.05, 0) is 64.6 Å². The first-order valence-corrected chi connectivity index (χ1v) is 13.4. The van der Waals surface area contributed by atoms with Gasteiger partial charge in [0.25, 0.3) is 0 Å². The molecule has 7 heteroatoms. The van der Waals surface area contributed by atoms with Gasteiger partial charge in [0.15, 0.2) is 5.71 Å². The Kier molecular flexibility index (Phi) is 9.84. The number of hydrogen-bond acceptors (Lipinski definition) is 5. The fourth-order valence-electron chi connectivity index (χ4n) is 3.67. The molecule has 0 unspecified atom stereocenters. The van der Waals surface area contributed by atoms with Gasteiger partial charge in [-0.15, -0.1) is 10.2 Å². The van der Waals surface area contributed by atoms with Gasteiger partial charge in [-0.3, -0.25) is 0 Å². The van der Waals surface area contributed by atoms with Crippen LogP contribution in [-0.4, -0.2) is 24.4 Å². The zero-order valence-corrected chi connectivity index (χ0v) is 22.0. The first-order valence-electron chi connectivity index (χ1n) is 11.3. The Morgan fingerprint density at radius 1 is 0.806 bits per heavy atom. The number of nitrogens with zero attached hydrogens (tertiary/aromatic N) is 1. The van der Waals surface area contributed by atoms with Gasteiger partial charge in [0.05, 0.1) is 0 Å². The quantitative estimate of drug-likeness (QED) is 0.576. The highest BCUT2D eigenvalue weighted by Crippen LogP contribution is 2.42. The van der Waals surface area contributed by atoms with Crippen LogP contribution >= 0.6 is 11.8 Å². The molecule has 0 saturated heterocycles. The van der Waals surface area contributed by atoms with E-state index in [2.05, 4.69) is 129 Å². The van der Waals surface area contributed by atoms with Gasteiger partial charge in [0, 0.05) is 22.0 Å². The lowest BCUT2D eigenvalue weighted by molar-refractivity contribution is -2.00. The molecule has 5 nitrogen and oxygen atoms in total. The molecule has 0 radical (unpaired) electrons. The van der Waals surface area contributed by atoms with E-state index in [0.29, 0.717) is 0 Å². The molecule has 0 fully saturated rings. The van der Waals surface area contributed by atoms with Crippen molar-refractivity contribution in [1.29, 1.82) is 0 Å². The molecule has 1 aliphatic heterocycles. The lowest BCUT2D eigenvalue weighted by atomic mass is 9.99. The summed E-state index contributed by atoms with van der Waals surface area (Å²) in [5, 5.41) is 0. The second-order valence-electron chi connectivity index (χ2n) is 8.19. The predicted molar refractivity (Wildman–Crippen MR) is 137 cm³/mol. The average molecular weight is 522 g/mol. The smallest absolute Gasteiger partial charge is 0.199 e. The summed E-state index contributed by atoms with van der Waals surface area (Å²) in [4.78, 5) is 2.56. The number of thioether (sulfide) groups is 1. The summed E-state index contributed by atoms with van der Waals surface area (Å²) in [6.07, 6.45) is 16.8. The molecule has 4 rings (SSSR count). The van der Waals surface area contributed by atoms with Gasteiger partial charge in [-0.1, -0.05) is 79.3 Å². The topological polar surface area (TPSA) is 95.2 Å². The second-order valence-corrected chi connectivity index (χ2v) is 10.1. The van der Waals surface area contributed by atoms with Crippen molar-refractivity contribution in [3.05, 3.63) is 130 Å². The number of rotatable bonds is 4. The van der Waals surface area contributed by atoms with E-state index in [0.717, 1.165) is 6.42 Å². The summed E-state index contributed by atoms with van der Waals surface area (Å²) in [6.45, 7) is 2.23. The standard InChI is InChI=1S/C29H28NS.ClHO4/c1-4-22(24-15-17-27(18-16-24)30(2)3)19-28-20-26(23-11-7-5-8-12-23)21-29(31-28)25-13-9-6-10-14-25;2-1(3,4)5/h5-21H,4H2,1-3H3;(H,2,3,4,5)/q+1;/p-1. The summed E-state index contributed by atoms with van der Waals surface area (Å²) in [5.41, 5.74) is 7.61. The van der Waals surface area contributed by atoms with Gasteiger partial charge in [0.1, 0.15) is 14.1 Å². The maximum Gasteiger partial charge on any atom is 0.199 e. The van der Waals surface area contributed by atoms with Crippen LogP contribution < -0.4 is 18.6 Å². The molecule has 36 heavy (non-hydrogen) atoms. The van der Waals surface area contributed by atoms with Gasteiger partial charge in [-0.25, -0.2) is 23.2 Å². The molecule has 2 aromatic rings. The van der Waals surface area contributed by atoms with Crippen LogP contribution in [0.5, 0.6) is 0 Å². The molecule has 0 spiro atoms. The number of hydrogen-bond donors (Lipinski definition) is 0. The molecule has 0 N–H and O–H groups in total. The van der Waals surface area contributed by atoms with Crippen molar-refractivity contribution >= 4 is 28.0 Å². The minimum Gasteiger partial charge on any atom is -0.235 e. The summed E-state index contributed by atoms with van der Waals surface area (Å²) >= 11 is 1.85. The molecule has 2 aliphatic rings. The Morgan fingerprint density at radius 2 is 1.33 bits per heavy atom. The van der Waals surface area contributed by atoms with Crippen molar-refractivity contribution in [2.45, 2.75) is 13.3 Å². The lowest BCUT2D eigenvalue weighted by Crippen LogP contribution is -2.68. The van der Waals surface area contributed by atoms with E-state index in [1.54, 1.807) is 0 Å². The highest BCUT2D eigenvalue weighted by Gasteiger charge is 2.15. The number of halogens is 1. The van der Waals surface area contributed by atoms with Crippen molar-refractivity contribution in [3.63, 3.8) is 0 Å². The zero-order valence-electron chi connectivity index (χ0n) is 20.4. The Bertz CT molecular complexity index is 1250. The molecule has 0 amide bonds. The molecule has 1 aliphatic carbocycles. The van der Waals surface area contributed by atoms with E-state index in [1.165, 1.54) is 43.4 Å². The maximum absolute atomic E-state index is 8.49. The van der Waals surface area contributed by atoms with E-state index < -0.39 is 10.2 Å². The van der Waals surface area contributed by atoms with E-state index >= 15 is 0 Å². The summed E-state index contributed by atoms with van der Waals surface area (Å²) in [5.74, 6) is 0. The van der Waals surface area contributed by atoms with Crippen molar-refractivity contribution in [3.8, 4) is 0 Å². The molecule has 0 bridgehead atoms. The first-order chi connectivity index (χ1) is 17.1. The first kappa shape index (κ1) is 27.6. The predicted octanol–water partition coefficient (Wildman–Crippen LogP) is 2.53. The Balaban J connectivity index is 0.000000658. The Hall–Kier alpha value is -2.97. The highest BCUT2D eigenvalue weighted by molar-refractivity contribution is 8.12. The molecule has 1 heterocycles. The third-order valence-corrected chi connectivity index (χ3v) is 6.47. The van der Waals surface area contributed by atoms with Crippen molar-refractivity contribution < 1.29 is 33.5 Å². The summed E-state index contributed by atoms with van der Waals surface area (Å²) < 4.78 is 36.1. The molecule has 0 aromatic heterocycles. The maximum atomic E-state index is 8.49. The van der Waals surface area contributed by atoms with Gasteiger partial charge in [0.2, 0.25) is 0 Å². The number of allylic oxidation sites excluding steroid dienone is 10. The van der Waals surface area contributed by atoms with Crippen LogP contribution in [0.1, 0.15) is 24.5 Å². The minimum absolute atomic E-state index is 0.990. The monoisotopic (exact) mass is 521 g/mol. The van der Waals surface area contributed by atoms with Crippen LogP contribution in [0.4, 0.5) is 0 Å². The Labute approximate surface area is 218 Å². The molecular formula is C29H28ClNO4S. The van der Waals surface area contributed by atoms with Crippen molar-refractivity contribution in [1.82, 2.24) is 0 Å². The van der Waals surface area contributed by atoms with Gasteiger partial charge in [-0.2, -0.15) is 0 Å². The lowest BCUT2D eigenvalue weighted by Gasteiger charge is -2.18. The average Bonchev–Trinajstić information content (AvgIpc) is 2.87. The zero-order chi connectivity index (χ0) is 26.1. The van der Waals surface area contributed by atoms with Crippen LogP contribution in [0.15, 0.2) is 119 Å². The molecular weight excluding hydrogens is 494 g/mol. The molecule has 0 atom stereocenters. The number of benzene rings is 2. The van der Waals surface area contributed by atoms with Crippen LogP contribution in [-0.2, 0) is 0 Å². The fraction of sp³-hybridized carbons (Fsp3) is 0.138. The van der Waals surface area contributed by atoms with Gasteiger partial charge < -0.3 is 0 Å². The van der Waals surface area contributed by atoms with E-state index in [4.69, 9.17) is 18.6 Å². The SMILES string of the molecule is CCC(C=C1C=C(c2ccccc2)C=C(c2ccccc2)S1)=C1C=CC(=[N+](C)C)C=C1.[O-][Cl+3]([O-])([O-])[O-]. The van der Waals surface area contributed by atoms with E-state index in [1.807, 2.05) is 11.8 Å². The second kappa shape index (κ2) is 12.8. The third-order valence-electron chi connectivity index (χ3n) is 5.43. The van der Waals surface area contributed by atoms with Crippen molar-refractivity contribution in [2.24, 2.45) is 0 Å².